The van der Waals surface area contributed by atoms with Gasteiger partial charge in [0.15, 0.2) is 6.10 Å². The van der Waals surface area contributed by atoms with Crippen molar-refractivity contribution in [3.8, 4) is 0 Å². The predicted octanol–water partition coefficient (Wildman–Crippen LogP) is 3.65. The average molecular weight is 445 g/mol. The average Bonchev–Trinajstić information content (AvgIpc) is 3.09. The molecular formula is C16H13F6NO5S. The van der Waals surface area contributed by atoms with Gasteiger partial charge in [-0.2, -0.15) is 34.8 Å². The van der Waals surface area contributed by atoms with E-state index in [0.29, 0.717) is 18.4 Å². The summed E-state index contributed by atoms with van der Waals surface area (Å²) in [6.45, 7) is -0.743. The van der Waals surface area contributed by atoms with Gasteiger partial charge >= 0.3 is 12.4 Å². The van der Waals surface area contributed by atoms with Gasteiger partial charge in [-0.15, -0.1) is 0 Å². The molecule has 0 bridgehead atoms. The first-order valence-corrected chi connectivity index (χ1v) is 9.45. The number of benzene rings is 1. The van der Waals surface area contributed by atoms with Gasteiger partial charge in [-0.25, -0.2) is 0 Å². The van der Waals surface area contributed by atoms with Crippen LogP contribution in [0.4, 0.5) is 26.3 Å². The van der Waals surface area contributed by atoms with E-state index >= 15 is 0 Å². The Morgan fingerprint density at radius 2 is 1.66 bits per heavy atom. The highest BCUT2D eigenvalue weighted by Crippen LogP contribution is 2.36. The van der Waals surface area contributed by atoms with Crippen LogP contribution < -0.4 is 5.32 Å². The van der Waals surface area contributed by atoms with E-state index < -0.39 is 57.7 Å². The van der Waals surface area contributed by atoms with E-state index in [9.17, 15) is 39.6 Å². The summed E-state index contributed by atoms with van der Waals surface area (Å²) < 4.78 is 109. The summed E-state index contributed by atoms with van der Waals surface area (Å²) in [6, 6.07) is 2.05. The van der Waals surface area contributed by atoms with Gasteiger partial charge in [0.05, 0.1) is 29.9 Å². The van der Waals surface area contributed by atoms with Gasteiger partial charge in [-0.05, 0) is 29.8 Å². The highest BCUT2D eigenvalue weighted by molar-refractivity contribution is 7.86. The maximum Gasteiger partial charge on any atom is 0.416 e. The quantitative estimate of drug-likeness (QED) is 0.542. The van der Waals surface area contributed by atoms with Crippen LogP contribution in [-0.2, 0) is 38.0 Å². The van der Waals surface area contributed by atoms with Gasteiger partial charge in [-0.3, -0.25) is 8.98 Å². The Morgan fingerprint density at radius 3 is 2.07 bits per heavy atom. The second-order valence-electron chi connectivity index (χ2n) is 5.87. The summed E-state index contributed by atoms with van der Waals surface area (Å²) in [7, 11) is -4.13. The third kappa shape index (κ3) is 6.49. The van der Waals surface area contributed by atoms with Crippen LogP contribution in [0.5, 0.6) is 0 Å². The zero-order chi connectivity index (χ0) is 22.0. The van der Waals surface area contributed by atoms with Crippen molar-refractivity contribution in [2.45, 2.75) is 25.0 Å². The van der Waals surface area contributed by atoms with Gasteiger partial charge in [0.25, 0.3) is 16.0 Å². The van der Waals surface area contributed by atoms with E-state index in [4.69, 9.17) is 4.42 Å². The molecule has 160 valence electrons. The zero-order valence-corrected chi connectivity index (χ0v) is 15.3. The van der Waals surface area contributed by atoms with Gasteiger partial charge < -0.3 is 9.73 Å². The molecule has 2 aromatic rings. The number of rotatable bonds is 6. The van der Waals surface area contributed by atoms with Crippen molar-refractivity contribution < 1.29 is 48.2 Å². The summed E-state index contributed by atoms with van der Waals surface area (Å²) in [6.07, 6.45) is -9.05. The zero-order valence-electron chi connectivity index (χ0n) is 14.5. The molecular weight excluding hydrogens is 432 g/mol. The molecule has 0 saturated carbocycles. The summed E-state index contributed by atoms with van der Waals surface area (Å²) in [4.78, 5) is 12.3. The fourth-order valence-electron chi connectivity index (χ4n) is 2.25. The third-order valence-corrected chi connectivity index (χ3v) is 4.01. The minimum atomic E-state index is -5.04. The summed E-state index contributed by atoms with van der Waals surface area (Å²) in [5, 5.41) is 2.06. The first-order chi connectivity index (χ1) is 13.2. The van der Waals surface area contributed by atoms with Crippen molar-refractivity contribution >= 4 is 16.0 Å². The first-order valence-electron chi connectivity index (χ1n) is 7.63. The molecule has 0 aliphatic heterocycles. The molecule has 1 aromatic carbocycles. The number of nitrogens with one attached hydrogen (secondary N) is 1. The van der Waals surface area contributed by atoms with Gasteiger partial charge in [0.1, 0.15) is 0 Å². The minimum absolute atomic E-state index is 0.0204. The molecule has 0 aliphatic carbocycles. The minimum Gasteiger partial charge on any atom is -0.472 e. The Labute approximate surface area is 160 Å². The van der Waals surface area contributed by atoms with Crippen molar-refractivity contribution in [1.82, 2.24) is 5.32 Å². The molecule has 1 aromatic heterocycles. The SMILES string of the molecule is CS(=O)(=O)OC(C(=O)NCc1cc(C(F)(F)F)cc(C(F)(F)F)c1)c1ccoc1. The number of carbonyl (C=O) groups excluding carboxylic acids is 1. The van der Waals surface area contributed by atoms with Crippen LogP contribution in [0.15, 0.2) is 41.2 Å². The van der Waals surface area contributed by atoms with E-state index in [-0.39, 0.29) is 11.6 Å². The topological polar surface area (TPSA) is 85.6 Å². The highest BCUT2D eigenvalue weighted by atomic mass is 32.2. The number of hydrogen-bond acceptors (Lipinski definition) is 5. The van der Waals surface area contributed by atoms with E-state index in [1.165, 1.54) is 6.07 Å². The van der Waals surface area contributed by atoms with Crippen LogP contribution in [0.1, 0.15) is 28.4 Å². The predicted molar refractivity (Wildman–Crippen MR) is 85.7 cm³/mol. The second-order valence-corrected chi connectivity index (χ2v) is 7.47. The normalized spacial score (nSPS) is 13.9. The Morgan fingerprint density at radius 1 is 1.10 bits per heavy atom. The third-order valence-electron chi connectivity index (χ3n) is 3.47. The first kappa shape index (κ1) is 22.7. The Hall–Kier alpha value is -2.54. The van der Waals surface area contributed by atoms with Crippen molar-refractivity contribution in [3.63, 3.8) is 0 Å². The molecule has 0 spiro atoms. The molecule has 1 amide bonds. The number of halogens is 6. The van der Waals surface area contributed by atoms with E-state index in [2.05, 4.69) is 9.50 Å². The fraction of sp³-hybridized carbons (Fsp3) is 0.312. The highest BCUT2D eigenvalue weighted by Gasteiger charge is 2.37. The number of alkyl halides is 6. The van der Waals surface area contributed by atoms with Crippen molar-refractivity contribution in [2.75, 3.05) is 6.26 Å². The molecule has 1 N–H and O–H groups in total. The number of furan rings is 1. The Balaban J connectivity index is 2.28. The fourth-order valence-corrected chi connectivity index (χ4v) is 2.80. The van der Waals surface area contributed by atoms with Crippen molar-refractivity contribution in [2.24, 2.45) is 0 Å². The molecule has 6 nitrogen and oxygen atoms in total. The summed E-state index contributed by atoms with van der Waals surface area (Å²) in [5.41, 5.74) is -3.61. The van der Waals surface area contributed by atoms with E-state index in [1.807, 2.05) is 0 Å². The Bertz CT molecular complexity index is 934. The monoisotopic (exact) mass is 445 g/mol. The van der Waals surface area contributed by atoms with Crippen molar-refractivity contribution in [1.29, 1.82) is 0 Å². The molecule has 29 heavy (non-hydrogen) atoms. The second kappa shape index (κ2) is 8.06. The molecule has 1 unspecified atom stereocenters. The lowest BCUT2D eigenvalue weighted by atomic mass is 10.0. The smallest absolute Gasteiger partial charge is 0.416 e. The molecule has 2 rings (SSSR count). The van der Waals surface area contributed by atoms with Crippen LogP contribution >= 0.6 is 0 Å². The Kier molecular flexibility index (Phi) is 6.33. The largest absolute Gasteiger partial charge is 0.472 e. The van der Waals surface area contributed by atoms with E-state index in [1.54, 1.807) is 0 Å². The van der Waals surface area contributed by atoms with Crippen LogP contribution in [-0.4, -0.2) is 20.6 Å². The molecule has 0 saturated heterocycles. The summed E-state index contributed by atoms with van der Waals surface area (Å²) >= 11 is 0. The van der Waals surface area contributed by atoms with Gasteiger partial charge in [0, 0.05) is 12.1 Å². The molecule has 0 aliphatic rings. The molecule has 1 atom stereocenters. The summed E-state index contributed by atoms with van der Waals surface area (Å²) in [5.74, 6) is -1.11. The van der Waals surface area contributed by atoms with Crippen LogP contribution in [0.3, 0.4) is 0 Å². The number of hydrogen-bond donors (Lipinski definition) is 1. The molecule has 0 radical (unpaired) electrons. The van der Waals surface area contributed by atoms with Crippen LogP contribution in [0.25, 0.3) is 0 Å². The van der Waals surface area contributed by atoms with Crippen LogP contribution in [0, 0.1) is 0 Å². The molecule has 13 heteroatoms. The number of carbonyl (C=O) groups is 1. The standard InChI is InChI=1S/C16H13F6NO5S/c1-29(25,26)28-13(10-2-3-27-8-10)14(24)23-7-9-4-11(15(17,18)19)6-12(5-9)16(20,21)22/h2-6,8,13H,7H2,1H3,(H,23,24). The lowest BCUT2D eigenvalue weighted by Crippen LogP contribution is -2.31. The lowest BCUT2D eigenvalue weighted by molar-refractivity contribution is -0.143. The maximum absolute atomic E-state index is 12.9. The van der Waals surface area contributed by atoms with Gasteiger partial charge in [0.2, 0.25) is 0 Å². The van der Waals surface area contributed by atoms with E-state index in [0.717, 1.165) is 12.5 Å². The van der Waals surface area contributed by atoms with Crippen LogP contribution in [0.2, 0.25) is 0 Å². The molecule has 1 heterocycles. The molecule has 0 fully saturated rings. The van der Waals surface area contributed by atoms with Gasteiger partial charge in [-0.1, -0.05) is 0 Å². The number of amides is 1. The lowest BCUT2D eigenvalue weighted by Gasteiger charge is -2.17. The maximum atomic E-state index is 12.9. The van der Waals surface area contributed by atoms with Crippen molar-refractivity contribution in [3.05, 3.63) is 59.0 Å².